The molecule has 1 heterocycles. The number of carbonyl (C=O) groups is 1. The number of nitrogens with one attached hydrogen (secondary N) is 1. The molecule has 5 heteroatoms. The van der Waals surface area contributed by atoms with Gasteiger partial charge in [0.15, 0.2) is 0 Å². The molecule has 0 bridgehead atoms. The molecule has 1 aliphatic heterocycles. The number of amides is 1. The second-order valence-corrected chi connectivity index (χ2v) is 6.00. The summed E-state index contributed by atoms with van der Waals surface area (Å²) in [4.78, 5) is 14.1. The third kappa shape index (κ3) is 3.68. The number of hydrogen-bond acceptors (Lipinski definition) is 4. The van der Waals surface area contributed by atoms with Crippen molar-refractivity contribution in [3.8, 4) is 6.07 Å². The number of rotatable bonds is 5. The van der Waals surface area contributed by atoms with Gasteiger partial charge in [0, 0.05) is 6.04 Å². The van der Waals surface area contributed by atoms with Crippen LogP contribution in [0.3, 0.4) is 0 Å². The lowest BCUT2D eigenvalue weighted by Gasteiger charge is -2.30. The van der Waals surface area contributed by atoms with Gasteiger partial charge in [-0.1, -0.05) is 20.8 Å². The minimum atomic E-state index is -0.836. The highest BCUT2D eigenvalue weighted by molar-refractivity contribution is 5.79. The SMILES string of the molecule is CC1CCN(CC(=O)NC(C)(C#N)C(C)C)C1CO. The first kappa shape index (κ1) is 15.9. The zero-order valence-corrected chi connectivity index (χ0v) is 12.3. The normalized spacial score (nSPS) is 27.0. The second kappa shape index (κ2) is 6.36. The van der Waals surface area contributed by atoms with Crippen LogP contribution >= 0.6 is 0 Å². The summed E-state index contributed by atoms with van der Waals surface area (Å²) in [7, 11) is 0. The number of nitriles is 1. The summed E-state index contributed by atoms with van der Waals surface area (Å²) in [5, 5.41) is 21.4. The Morgan fingerprint density at radius 1 is 1.63 bits per heavy atom. The van der Waals surface area contributed by atoms with Crippen molar-refractivity contribution in [1.29, 1.82) is 5.26 Å². The van der Waals surface area contributed by atoms with Gasteiger partial charge in [0.1, 0.15) is 5.54 Å². The molecule has 108 valence electrons. The largest absolute Gasteiger partial charge is 0.395 e. The summed E-state index contributed by atoms with van der Waals surface area (Å²) < 4.78 is 0. The first-order valence-corrected chi connectivity index (χ1v) is 6.91. The maximum atomic E-state index is 12.1. The van der Waals surface area contributed by atoms with Gasteiger partial charge >= 0.3 is 0 Å². The van der Waals surface area contributed by atoms with Gasteiger partial charge < -0.3 is 10.4 Å². The van der Waals surface area contributed by atoms with E-state index in [2.05, 4.69) is 18.3 Å². The molecule has 3 atom stereocenters. The van der Waals surface area contributed by atoms with E-state index in [1.807, 2.05) is 18.7 Å². The summed E-state index contributed by atoms with van der Waals surface area (Å²) in [6, 6.07) is 2.22. The van der Waals surface area contributed by atoms with Gasteiger partial charge in [0.05, 0.1) is 19.2 Å². The van der Waals surface area contributed by atoms with E-state index in [1.165, 1.54) is 0 Å². The average molecular weight is 267 g/mol. The van der Waals surface area contributed by atoms with Crippen LogP contribution in [0.4, 0.5) is 0 Å². The van der Waals surface area contributed by atoms with E-state index in [9.17, 15) is 15.2 Å². The highest BCUT2D eigenvalue weighted by Gasteiger charge is 2.34. The summed E-state index contributed by atoms with van der Waals surface area (Å²) in [5.74, 6) is 0.308. The predicted octanol–water partition coefficient (Wildman–Crippen LogP) is 0.744. The molecule has 0 radical (unpaired) electrons. The van der Waals surface area contributed by atoms with Crippen molar-refractivity contribution in [2.45, 2.75) is 45.7 Å². The fourth-order valence-electron chi connectivity index (χ4n) is 2.39. The molecule has 1 amide bonds. The summed E-state index contributed by atoms with van der Waals surface area (Å²) >= 11 is 0. The molecule has 1 aliphatic rings. The standard InChI is InChI=1S/C14H25N3O2/c1-10(2)14(4,9-15)16-13(19)7-17-6-5-11(3)12(17)8-18/h10-12,18H,5-8H2,1-4H3,(H,16,19). The summed E-state index contributed by atoms with van der Waals surface area (Å²) in [6.07, 6.45) is 0.998. The maximum Gasteiger partial charge on any atom is 0.235 e. The average Bonchev–Trinajstić information content (AvgIpc) is 2.69. The van der Waals surface area contributed by atoms with Gasteiger partial charge in [-0.05, 0) is 31.7 Å². The molecule has 0 saturated carbocycles. The first-order chi connectivity index (χ1) is 8.84. The Morgan fingerprint density at radius 3 is 2.74 bits per heavy atom. The zero-order valence-electron chi connectivity index (χ0n) is 12.3. The van der Waals surface area contributed by atoms with E-state index < -0.39 is 5.54 Å². The van der Waals surface area contributed by atoms with Crippen LogP contribution in [0.15, 0.2) is 0 Å². The minimum Gasteiger partial charge on any atom is -0.395 e. The van der Waals surface area contributed by atoms with Gasteiger partial charge in [0.25, 0.3) is 0 Å². The van der Waals surface area contributed by atoms with E-state index in [4.69, 9.17) is 0 Å². The molecule has 0 aromatic carbocycles. The molecular formula is C14H25N3O2. The van der Waals surface area contributed by atoms with Crippen LogP contribution in [0.25, 0.3) is 0 Å². The molecule has 5 nitrogen and oxygen atoms in total. The van der Waals surface area contributed by atoms with E-state index in [0.29, 0.717) is 5.92 Å². The third-order valence-corrected chi connectivity index (χ3v) is 4.32. The molecular weight excluding hydrogens is 242 g/mol. The van der Waals surface area contributed by atoms with E-state index >= 15 is 0 Å². The third-order valence-electron chi connectivity index (χ3n) is 4.32. The molecule has 1 fully saturated rings. The van der Waals surface area contributed by atoms with Crippen LogP contribution in [0.5, 0.6) is 0 Å². The number of nitrogens with zero attached hydrogens (tertiary/aromatic N) is 2. The van der Waals surface area contributed by atoms with Crippen molar-refractivity contribution in [1.82, 2.24) is 10.2 Å². The Labute approximate surface area is 115 Å². The van der Waals surface area contributed by atoms with Gasteiger partial charge in [-0.15, -0.1) is 0 Å². The van der Waals surface area contributed by atoms with Crippen LogP contribution in [0.1, 0.15) is 34.1 Å². The molecule has 1 rings (SSSR count). The quantitative estimate of drug-likeness (QED) is 0.770. The fourth-order valence-corrected chi connectivity index (χ4v) is 2.39. The topological polar surface area (TPSA) is 76.4 Å². The highest BCUT2D eigenvalue weighted by Crippen LogP contribution is 2.23. The monoisotopic (exact) mass is 267 g/mol. The number of aliphatic hydroxyl groups is 1. The molecule has 0 aromatic heterocycles. The van der Waals surface area contributed by atoms with E-state index in [1.54, 1.807) is 6.92 Å². The first-order valence-electron chi connectivity index (χ1n) is 6.91. The molecule has 2 N–H and O–H groups in total. The van der Waals surface area contributed by atoms with Gasteiger partial charge in [-0.3, -0.25) is 9.69 Å². The molecule has 19 heavy (non-hydrogen) atoms. The van der Waals surface area contributed by atoms with Crippen LogP contribution in [0.2, 0.25) is 0 Å². The number of aliphatic hydroxyl groups excluding tert-OH is 1. The lowest BCUT2D eigenvalue weighted by molar-refractivity contribution is -0.124. The van der Waals surface area contributed by atoms with Crippen LogP contribution < -0.4 is 5.32 Å². The molecule has 3 unspecified atom stereocenters. The second-order valence-electron chi connectivity index (χ2n) is 6.00. The number of carbonyl (C=O) groups excluding carboxylic acids is 1. The molecule has 0 aliphatic carbocycles. The zero-order chi connectivity index (χ0) is 14.6. The van der Waals surface area contributed by atoms with Crippen LogP contribution in [-0.4, -0.2) is 47.2 Å². The van der Waals surface area contributed by atoms with Crippen molar-refractivity contribution >= 4 is 5.91 Å². The van der Waals surface area contributed by atoms with Crippen molar-refractivity contribution in [3.05, 3.63) is 0 Å². The molecule has 0 aromatic rings. The predicted molar refractivity (Wildman–Crippen MR) is 73.2 cm³/mol. The van der Waals surface area contributed by atoms with Crippen LogP contribution in [-0.2, 0) is 4.79 Å². The number of hydrogen-bond donors (Lipinski definition) is 2. The molecule has 1 saturated heterocycles. The van der Waals surface area contributed by atoms with E-state index in [0.717, 1.165) is 13.0 Å². The highest BCUT2D eigenvalue weighted by atomic mass is 16.3. The van der Waals surface area contributed by atoms with Crippen molar-refractivity contribution < 1.29 is 9.90 Å². The summed E-state index contributed by atoms with van der Waals surface area (Å²) in [6.45, 7) is 8.81. The Morgan fingerprint density at radius 2 is 2.26 bits per heavy atom. The van der Waals surface area contributed by atoms with Crippen molar-refractivity contribution in [2.24, 2.45) is 11.8 Å². The smallest absolute Gasteiger partial charge is 0.235 e. The fraction of sp³-hybridized carbons (Fsp3) is 0.857. The summed E-state index contributed by atoms with van der Waals surface area (Å²) in [5.41, 5.74) is -0.836. The molecule has 0 spiro atoms. The number of likely N-dealkylation sites (tertiary alicyclic amines) is 1. The van der Waals surface area contributed by atoms with Crippen molar-refractivity contribution in [3.63, 3.8) is 0 Å². The Hall–Kier alpha value is -1.12. The Balaban J connectivity index is 2.59. The van der Waals surface area contributed by atoms with E-state index in [-0.39, 0.29) is 31.0 Å². The minimum absolute atomic E-state index is 0.0487. The van der Waals surface area contributed by atoms with Gasteiger partial charge in [0.2, 0.25) is 5.91 Å². The lowest BCUT2D eigenvalue weighted by Crippen LogP contribution is -2.52. The van der Waals surface area contributed by atoms with Gasteiger partial charge in [-0.2, -0.15) is 5.26 Å². The van der Waals surface area contributed by atoms with Crippen molar-refractivity contribution in [2.75, 3.05) is 19.7 Å². The lowest BCUT2D eigenvalue weighted by atomic mass is 9.90. The Kier molecular flexibility index (Phi) is 5.33. The van der Waals surface area contributed by atoms with Gasteiger partial charge in [-0.25, -0.2) is 0 Å². The Bertz CT molecular complexity index is 364. The van der Waals surface area contributed by atoms with Crippen LogP contribution in [0, 0.1) is 23.2 Å². The maximum absolute atomic E-state index is 12.1.